The maximum Gasteiger partial charge on any atom is 0.413 e. The second kappa shape index (κ2) is 8.07. The van der Waals surface area contributed by atoms with Gasteiger partial charge < -0.3 is 10.1 Å². The monoisotopic (exact) mass is 461 g/mol. The van der Waals surface area contributed by atoms with E-state index in [1.165, 1.54) is 25.2 Å². The Morgan fingerprint density at radius 2 is 1.88 bits per heavy atom. The molecule has 3 N–H and O–H groups in total. The summed E-state index contributed by atoms with van der Waals surface area (Å²) in [6.07, 6.45) is -0.879. The molecular formula is C24H17F2N5O3. The van der Waals surface area contributed by atoms with Crippen LogP contribution in [0.15, 0.2) is 59.4 Å². The number of carbonyl (C=O) groups is 1. The number of hydrogen-bond acceptors (Lipinski definition) is 4. The summed E-state index contributed by atoms with van der Waals surface area (Å²) in [5.74, 6) is -0.806. The van der Waals surface area contributed by atoms with Crippen molar-refractivity contribution in [3.8, 4) is 11.1 Å². The number of H-pyrrole nitrogens is 2. The van der Waals surface area contributed by atoms with E-state index in [0.29, 0.717) is 33.2 Å². The Labute approximate surface area is 190 Å². The molecular weight excluding hydrogens is 444 g/mol. The molecule has 0 aliphatic rings. The molecule has 10 heteroatoms. The third-order valence-electron chi connectivity index (χ3n) is 5.62. The van der Waals surface area contributed by atoms with Crippen LogP contribution in [-0.4, -0.2) is 38.4 Å². The average molecular weight is 461 g/mol. The standard InChI is InChI=1S/C24H17F2N5O3/c1-31(24(33)34)23-27-19-7-3-13(10-21(19)28-23)16-8-12(2-6-18(16)26)9-20-15-5-4-14(25)11-17(15)22(32)30-29-20/h2-8,10-11H,9H2,1H3,(H,27,28)(H,30,32)(H,33,34). The molecule has 2 aromatic heterocycles. The van der Waals surface area contributed by atoms with Crippen molar-refractivity contribution in [1.29, 1.82) is 0 Å². The number of fused-ring (bicyclic) bond motifs is 2. The van der Waals surface area contributed by atoms with Gasteiger partial charge >= 0.3 is 6.09 Å². The fourth-order valence-electron chi connectivity index (χ4n) is 3.84. The minimum atomic E-state index is -1.16. The van der Waals surface area contributed by atoms with Gasteiger partial charge in [-0.25, -0.2) is 23.7 Å². The fraction of sp³-hybridized carbons (Fsp3) is 0.0833. The van der Waals surface area contributed by atoms with Crippen molar-refractivity contribution >= 4 is 33.8 Å². The molecule has 5 rings (SSSR count). The van der Waals surface area contributed by atoms with Gasteiger partial charge in [-0.2, -0.15) is 5.10 Å². The number of imidazole rings is 1. The van der Waals surface area contributed by atoms with Gasteiger partial charge in [-0.05, 0) is 53.6 Å². The zero-order chi connectivity index (χ0) is 24.0. The average Bonchev–Trinajstić information content (AvgIpc) is 3.25. The normalized spacial score (nSPS) is 11.3. The summed E-state index contributed by atoms with van der Waals surface area (Å²) in [5, 5.41) is 16.4. The van der Waals surface area contributed by atoms with Gasteiger partial charge in [0, 0.05) is 24.4 Å². The lowest BCUT2D eigenvalue weighted by Gasteiger charge is -2.09. The van der Waals surface area contributed by atoms with Crippen LogP contribution in [0, 0.1) is 11.6 Å². The molecule has 5 aromatic rings. The number of amides is 1. The Hall–Kier alpha value is -4.60. The number of hydrogen-bond donors (Lipinski definition) is 3. The highest BCUT2D eigenvalue weighted by molar-refractivity contribution is 5.89. The molecule has 0 aliphatic heterocycles. The Kier molecular flexibility index (Phi) is 5.05. The lowest BCUT2D eigenvalue weighted by atomic mass is 9.98. The van der Waals surface area contributed by atoms with Gasteiger partial charge in [0.1, 0.15) is 11.6 Å². The van der Waals surface area contributed by atoms with Crippen molar-refractivity contribution in [1.82, 2.24) is 20.2 Å². The predicted octanol–water partition coefficient (Wildman–Crippen LogP) is 4.45. The van der Waals surface area contributed by atoms with Crippen LogP contribution in [0.2, 0.25) is 0 Å². The first-order chi connectivity index (χ1) is 16.3. The number of nitrogens with one attached hydrogen (secondary N) is 2. The molecule has 0 aliphatic carbocycles. The Balaban J connectivity index is 1.53. The molecule has 0 saturated heterocycles. The molecule has 0 bridgehead atoms. The number of nitrogens with zero attached hydrogens (tertiary/aromatic N) is 3. The van der Waals surface area contributed by atoms with Gasteiger partial charge in [0.15, 0.2) is 0 Å². The van der Waals surface area contributed by atoms with E-state index in [2.05, 4.69) is 20.2 Å². The van der Waals surface area contributed by atoms with E-state index in [1.807, 2.05) is 0 Å². The van der Waals surface area contributed by atoms with E-state index in [4.69, 9.17) is 5.11 Å². The first kappa shape index (κ1) is 21.3. The van der Waals surface area contributed by atoms with Crippen molar-refractivity contribution in [2.24, 2.45) is 0 Å². The van der Waals surface area contributed by atoms with Gasteiger partial charge in [-0.15, -0.1) is 0 Å². The third kappa shape index (κ3) is 3.75. The van der Waals surface area contributed by atoms with E-state index in [1.54, 1.807) is 30.3 Å². The molecule has 170 valence electrons. The second-order valence-corrected chi connectivity index (χ2v) is 7.81. The van der Waals surface area contributed by atoms with E-state index in [9.17, 15) is 18.4 Å². The Bertz CT molecular complexity index is 1640. The van der Waals surface area contributed by atoms with Gasteiger partial charge in [0.2, 0.25) is 5.95 Å². The number of carboxylic acid groups (broad SMARTS) is 1. The smallest absolute Gasteiger partial charge is 0.413 e. The van der Waals surface area contributed by atoms with Crippen LogP contribution in [0.1, 0.15) is 11.3 Å². The van der Waals surface area contributed by atoms with Gasteiger partial charge in [0.25, 0.3) is 5.56 Å². The minimum absolute atomic E-state index is 0.154. The number of aromatic nitrogens is 4. The van der Waals surface area contributed by atoms with Crippen LogP contribution in [0.25, 0.3) is 32.9 Å². The quantitative estimate of drug-likeness (QED) is 0.366. The minimum Gasteiger partial charge on any atom is -0.465 e. The molecule has 0 unspecified atom stereocenters. The highest BCUT2D eigenvalue weighted by atomic mass is 19.1. The molecule has 34 heavy (non-hydrogen) atoms. The zero-order valence-electron chi connectivity index (χ0n) is 17.8. The van der Waals surface area contributed by atoms with Crippen LogP contribution in [-0.2, 0) is 6.42 Å². The van der Waals surface area contributed by atoms with E-state index in [-0.39, 0.29) is 17.8 Å². The third-order valence-corrected chi connectivity index (χ3v) is 5.62. The summed E-state index contributed by atoms with van der Waals surface area (Å²) < 4.78 is 28.4. The molecule has 0 atom stereocenters. The number of anilines is 1. The number of aromatic amines is 2. The molecule has 1 amide bonds. The van der Waals surface area contributed by atoms with Gasteiger partial charge in [-0.3, -0.25) is 9.69 Å². The maximum atomic E-state index is 14.8. The molecule has 8 nitrogen and oxygen atoms in total. The molecule has 0 spiro atoms. The van der Waals surface area contributed by atoms with Crippen molar-refractivity contribution in [2.75, 3.05) is 11.9 Å². The summed E-state index contributed by atoms with van der Waals surface area (Å²) in [6, 6.07) is 13.6. The lowest BCUT2D eigenvalue weighted by Crippen LogP contribution is -2.24. The highest BCUT2D eigenvalue weighted by Crippen LogP contribution is 2.29. The van der Waals surface area contributed by atoms with E-state index < -0.39 is 23.3 Å². The van der Waals surface area contributed by atoms with Crippen molar-refractivity contribution in [2.45, 2.75) is 6.42 Å². The lowest BCUT2D eigenvalue weighted by molar-refractivity contribution is 0.203. The molecule has 0 radical (unpaired) electrons. The predicted molar refractivity (Wildman–Crippen MR) is 123 cm³/mol. The SMILES string of the molecule is CN(C(=O)O)c1nc2ccc(-c3cc(Cc4n[nH]c(=O)c5cc(F)ccc45)ccc3F)cc2[nH]1. The summed E-state index contributed by atoms with van der Waals surface area (Å²) in [5.41, 5.74) is 2.78. The summed E-state index contributed by atoms with van der Waals surface area (Å²) in [6.45, 7) is 0. The van der Waals surface area contributed by atoms with E-state index in [0.717, 1.165) is 16.5 Å². The summed E-state index contributed by atoms with van der Waals surface area (Å²) in [7, 11) is 1.37. The van der Waals surface area contributed by atoms with E-state index >= 15 is 0 Å². The summed E-state index contributed by atoms with van der Waals surface area (Å²) in [4.78, 5) is 31.3. The maximum absolute atomic E-state index is 14.8. The molecule has 2 heterocycles. The first-order valence-corrected chi connectivity index (χ1v) is 10.2. The number of rotatable bonds is 4. The fourth-order valence-corrected chi connectivity index (χ4v) is 3.84. The highest BCUT2D eigenvalue weighted by Gasteiger charge is 2.15. The van der Waals surface area contributed by atoms with Crippen LogP contribution in [0.5, 0.6) is 0 Å². The van der Waals surface area contributed by atoms with Crippen molar-refractivity contribution in [3.63, 3.8) is 0 Å². The van der Waals surface area contributed by atoms with Crippen LogP contribution in [0.4, 0.5) is 19.5 Å². The van der Waals surface area contributed by atoms with Gasteiger partial charge in [-0.1, -0.05) is 12.1 Å². The van der Waals surface area contributed by atoms with Crippen LogP contribution in [0.3, 0.4) is 0 Å². The van der Waals surface area contributed by atoms with Crippen molar-refractivity contribution < 1.29 is 18.7 Å². The number of halogens is 2. The topological polar surface area (TPSA) is 115 Å². The second-order valence-electron chi connectivity index (χ2n) is 7.81. The zero-order valence-corrected chi connectivity index (χ0v) is 17.8. The molecule has 0 fully saturated rings. The Morgan fingerprint density at radius 1 is 1.06 bits per heavy atom. The largest absolute Gasteiger partial charge is 0.465 e. The Morgan fingerprint density at radius 3 is 2.68 bits per heavy atom. The van der Waals surface area contributed by atoms with Crippen LogP contribution >= 0.6 is 0 Å². The molecule has 0 saturated carbocycles. The van der Waals surface area contributed by atoms with Crippen molar-refractivity contribution in [3.05, 3.63) is 87.8 Å². The number of benzene rings is 3. The van der Waals surface area contributed by atoms with Gasteiger partial charge in [0.05, 0.1) is 22.1 Å². The molecule has 3 aromatic carbocycles. The van der Waals surface area contributed by atoms with Crippen LogP contribution < -0.4 is 10.5 Å². The first-order valence-electron chi connectivity index (χ1n) is 10.2. The summed E-state index contributed by atoms with van der Waals surface area (Å²) >= 11 is 0.